The van der Waals surface area contributed by atoms with E-state index >= 15 is 0 Å². The fourth-order valence-electron chi connectivity index (χ4n) is 2.89. The van der Waals surface area contributed by atoms with Crippen molar-refractivity contribution in [1.29, 1.82) is 0 Å². The fourth-order valence-corrected chi connectivity index (χ4v) is 2.89. The molecule has 0 saturated heterocycles. The first-order valence-corrected chi connectivity index (χ1v) is 9.26. The van der Waals surface area contributed by atoms with Gasteiger partial charge in [-0.3, -0.25) is 9.97 Å². The summed E-state index contributed by atoms with van der Waals surface area (Å²) < 4.78 is 0. The van der Waals surface area contributed by atoms with Crippen LogP contribution in [0.3, 0.4) is 0 Å². The van der Waals surface area contributed by atoms with Crippen molar-refractivity contribution in [1.82, 2.24) is 9.97 Å². The maximum atomic E-state index is 4.50. The Hall–Kier alpha value is -3.78. The number of benzene rings is 2. The summed E-state index contributed by atoms with van der Waals surface area (Å²) in [7, 11) is 0. The summed E-state index contributed by atoms with van der Waals surface area (Å²) in [6, 6.07) is 28.7. The highest BCUT2D eigenvalue weighted by Crippen LogP contribution is 2.19. The number of hydrogen-bond acceptors (Lipinski definition) is 2. The maximum absolute atomic E-state index is 4.50. The summed E-state index contributed by atoms with van der Waals surface area (Å²) in [5, 5.41) is 0. The predicted octanol–water partition coefficient (Wildman–Crippen LogP) is 6.48. The number of pyridine rings is 2. The highest BCUT2D eigenvalue weighted by molar-refractivity contribution is 5.74. The Morgan fingerprint density at radius 2 is 0.821 bits per heavy atom. The second-order valence-corrected chi connectivity index (χ2v) is 6.44. The van der Waals surface area contributed by atoms with E-state index in [0.717, 1.165) is 22.5 Å². The second kappa shape index (κ2) is 8.74. The van der Waals surface area contributed by atoms with Gasteiger partial charge in [0.15, 0.2) is 0 Å². The summed E-state index contributed by atoms with van der Waals surface area (Å²) in [4.78, 5) is 9.01. The largest absolute Gasteiger partial charge is 0.255 e. The number of aromatic nitrogens is 2. The van der Waals surface area contributed by atoms with Crippen LogP contribution in [0.15, 0.2) is 97.3 Å². The molecule has 2 heterocycles. The third kappa shape index (κ3) is 4.68. The number of rotatable bonds is 5. The van der Waals surface area contributed by atoms with E-state index in [-0.39, 0.29) is 0 Å². The molecule has 0 saturated carbocycles. The van der Waals surface area contributed by atoms with Crippen molar-refractivity contribution in [3.63, 3.8) is 0 Å². The van der Waals surface area contributed by atoms with Crippen LogP contribution >= 0.6 is 0 Å². The molecule has 0 aliphatic heterocycles. The standard InChI is InChI=1S/C26H20N2/c1-3-7-21(8-4-1)11-13-23-15-17-27-25(19-23)26-20-24(16-18-28-26)14-12-22-9-5-2-6-10-22/h1-20H. The molecule has 0 radical (unpaired) electrons. The molecule has 0 bridgehead atoms. The molecule has 0 N–H and O–H groups in total. The Balaban J connectivity index is 1.56. The quantitative estimate of drug-likeness (QED) is 0.407. The van der Waals surface area contributed by atoms with E-state index in [9.17, 15) is 0 Å². The monoisotopic (exact) mass is 360 g/mol. The van der Waals surface area contributed by atoms with E-state index in [1.807, 2.05) is 60.9 Å². The van der Waals surface area contributed by atoms with Crippen LogP contribution in [0, 0.1) is 0 Å². The van der Waals surface area contributed by atoms with Gasteiger partial charge in [0.05, 0.1) is 11.4 Å². The molecule has 134 valence electrons. The van der Waals surface area contributed by atoms with Crippen molar-refractivity contribution in [2.24, 2.45) is 0 Å². The minimum Gasteiger partial charge on any atom is -0.255 e. The summed E-state index contributed by atoms with van der Waals surface area (Å²) in [5.74, 6) is 0. The van der Waals surface area contributed by atoms with Gasteiger partial charge in [0.1, 0.15) is 0 Å². The first-order chi connectivity index (χ1) is 13.9. The van der Waals surface area contributed by atoms with Crippen LogP contribution < -0.4 is 0 Å². The summed E-state index contributed by atoms with van der Waals surface area (Å²) >= 11 is 0. The lowest BCUT2D eigenvalue weighted by atomic mass is 10.1. The molecule has 4 rings (SSSR count). The lowest BCUT2D eigenvalue weighted by Crippen LogP contribution is -1.88. The van der Waals surface area contributed by atoms with Crippen molar-refractivity contribution in [3.05, 3.63) is 120 Å². The van der Waals surface area contributed by atoms with Crippen LogP contribution in [-0.4, -0.2) is 9.97 Å². The molecule has 0 aliphatic rings. The smallest absolute Gasteiger partial charge is 0.0892 e. The Labute approximate surface area is 165 Å². The van der Waals surface area contributed by atoms with Crippen molar-refractivity contribution in [2.45, 2.75) is 0 Å². The fraction of sp³-hybridized carbons (Fsp3) is 0. The molecular formula is C26H20N2. The first-order valence-electron chi connectivity index (χ1n) is 9.26. The number of hydrogen-bond donors (Lipinski definition) is 0. The first kappa shape index (κ1) is 17.6. The molecule has 0 aliphatic carbocycles. The van der Waals surface area contributed by atoms with Gasteiger partial charge in [0.2, 0.25) is 0 Å². The maximum Gasteiger partial charge on any atom is 0.0892 e. The Bertz CT molecular complexity index is 1010. The molecule has 2 nitrogen and oxygen atoms in total. The highest BCUT2D eigenvalue weighted by atomic mass is 14.8. The van der Waals surface area contributed by atoms with Gasteiger partial charge in [-0.1, -0.05) is 85.0 Å². The van der Waals surface area contributed by atoms with Crippen LogP contribution in [0.4, 0.5) is 0 Å². The van der Waals surface area contributed by atoms with Gasteiger partial charge in [-0.15, -0.1) is 0 Å². The number of nitrogens with zero attached hydrogens (tertiary/aromatic N) is 2. The molecule has 0 amide bonds. The molecule has 2 aromatic heterocycles. The molecule has 0 fully saturated rings. The Morgan fingerprint density at radius 3 is 1.25 bits per heavy atom. The lowest BCUT2D eigenvalue weighted by molar-refractivity contribution is 1.24. The zero-order chi connectivity index (χ0) is 19.0. The SMILES string of the molecule is C(=Cc1ccnc(-c2cc(C=Cc3ccccc3)ccn2)c1)c1ccccc1. The van der Waals surface area contributed by atoms with Gasteiger partial charge >= 0.3 is 0 Å². The molecule has 2 heteroatoms. The highest BCUT2D eigenvalue weighted by Gasteiger charge is 2.02. The average Bonchev–Trinajstić information content (AvgIpc) is 2.78. The van der Waals surface area contributed by atoms with Crippen molar-refractivity contribution in [2.75, 3.05) is 0 Å². The Morgan fingerprint density at radius 1 is 0.429 bits per heavy atom. The van der Waals surface area contributed by atoms with E-state index < -0.39 is 0 Å². The van der Waals surface area contributed by atoms with E-state index in [4.69, 9.17) is 0 Å². The van der Waals surface area contributed by atoms with E-state index in [2.05, 4.69) is 70.7 Å². The van der Waals surface area contributed by atoms with Crippen LogP contribution in [-0.2, 0) is 0 Å². The molecule has 2 aromatic carbocycles. The minimum absolute atomic E-state index is 0.866. The van der Waals surface area contributed by atoms with Gasteiger partial charge in [-0.2, -0.15) is 0 Å². The van der Waals surface area contributed by atoms with Gasteiger partial charge in [0.25, 0.3) is 0 Å². The van der Waals surface area contributed by atoms with E-state index in [1.54, 1.807) is 0 Å². The van der Waals surface area contributed by atoms with Crippen molar-refractivity contribution < 1.29 is 0 Å². The van der Waals surface area contributed by atoms with E-state index in [1.165, 1.54) is 11.1 Å². The molecule has 0 unspecified atom stereocenters. The van der Waals surface area contributed by atoms with Gasteiger partial charge < -0.3 is 0 Å². The third-order valence-electron chi connectivity index (χ3n) is 4.37. The van der Waals surface area contributed by atoms with Crippen LogP contribution in [0.5, 0.6) is 0 Å². The zero-order valence-electron chi connectivity index (χ0n) is 15.4. The summed E-state index contributed by atoms with van der Waals surface area (Å²) in [5.41, 5.74) is 6.27. The normalized spacial score (nSPS) is 11.3. The predicted molar refractivity (Wildman–Crippen MR) is 118 cm³/mol. The van der Waals surface area contributed by atoms with Crippen molar-refractivity contribution >= 4 is 24.3 Å². The van der Waals surface area contributed by atoms with Gasteiger partial charge in [0, 0.05) is 12.4 Å². The molecule has 28 heavy (non-hydrogen) atoms. The second-order valence-electron chi connectivity index (χ2n) is 6.44. The zero-order valence-corrected chi connectivity index (χ0v) is 15.4. The topological polar surface area (TPSA) is 25.8 Å². The molecular weight excluding hydrogens is 340 g/mol. The average molecular weight is 360 g/mol. The van der Waals surface area contributed by atoms with Gasteiger partial charge in [-0.05, 0) is 46.5 Å². The molecule has 0 spiro atoms. The summed E-state index contributed by atoms with van der Waals surface area (Å²) in [6.45, 7) is 0. The molecule has 4 aromatic rings. The summed E-state index contributed by atoms with van der Waals surface area (Å²) in [6.07, 6.45) is 12.1. The van der Waals surface area contributed by atoms with Crippen molar-refractivity contribution in [3.8, 4) is 11.4 Å². The third-order valence-corrected chi connectivity index (χ3v) is 4.37. The van der Waals surface area contributed by atoms with E-state index in [0.29, 0.717) is 0 Å². The van der Waals surface area contributed by atoms with Crippen LogP contribution in [0.25, 0.3) is 35.7 Å². The molecule has 0 atom stereocenters. The van der Waals surface area contributed by atoms with Crippen LogP contribution in [0.1, 0.15) is 22.3 Å². The van der Waals surface area contributed by atoms with Crippen LogP contribution in [0.2, 0.25) is 0 Å². The van der Waals surface area contributed by atoms with Gasteiger partial charge in [-0.25, -0.2) is 0 Å². The Kier molecular flexibility index (Phi) is 5.50. The minimum atomic E-state index is 0.866. The lowest BCUT2D eigenvalue weighted by Gasteiger charge is -2.03.